The van der Waals surface area contributed by atoms with Crippen molar-refractivity contribution in [1.82, 2.24) is 0 Å². The highest BCUT2D eigenvalue weighted by atomic mass is 32.2. The Morgan fingerprint density at radius 2 is 1.36 bits per heavy atom. The van der Waals surface area contributed by atoms with Crippen LogP contribution in [0.3, 0.4) is 0 Å². The highest BCUT2D eigenvalue weighted by Gasteiger charge is 2.43. The van der Waals surface area contributed by atoms with Crippen LogP contribution in [0.4, 0.5) is 0 Å². The maximum Gasteiger partial charge on any atom is 0.178 e. The summed E-state index contributed by atoms with van der Waals surface area (Å²) in [5.74, 6) is 0.186. The van der Waals surface area contributed by atoms with E-state index in [9.17, 15) is 8.42 Å². The topological polar surface area (TPSA) is 34.1 Å². The number of sulfone groups is 1. The lowest BCUT2D eigenvalue weighted by Gasteiger charge is -2.40. The van der Waals surface area contributed by atoms with E-state index in [1.807, 2.05) is 54.6 Å². The molecule has 0 aromatic heterocycles. The molecule has 3 heteroatoms. The third kappa shape index (κ3) is 2.79. The van der Waals surface area contributed by atoms with E-state index in [4.69, 9.17) is 0 Å². The molecule has 0 aliphatic carbocycles. The van der Waals surface area contributed by atoms with Crippen molar-refractivity contribution in [1.29, 1.82) is 0 Å². The third-order valence-corrected chi connectivity index (χ3v) is 6.98. The number of hydrogen-bond acceptors (Lipinski definition) is 2. The van der Waals surface area contributed by atoms with E-state index in [1.165, 1.54) is 11.1 Å². The summed E-state index contributed by atoms with van der Waals surface area (Å²) in [5, 5.41) is 0. The molecule has 126 valence electrons. The van der Waals surface area contributed by atoms with Gasteiger partial charge >= 0.3 is 0 Å². The molecule has 1 atom stereocenters. The van der Waals surface area contributed by atoms with Crippen molar-refractivity contribution in [3.63, 3.8) is 0 Å². The highest BCUT2D eigenvalue weighted by molar-refractivity contribution is 7.91. The summed E-state index contributed by atoms with van der Waals surface area (Å²) in [6.45, 7) is 0. The van der Waals surface area contributed by atoms with Gasteiger partial charge in [-0.1, -0.05) is 78.9 Å². The van der Waals surface area contributed by atoms with Crippen LogP contribution in [-0.4, -0.2) is 14.2 Å². The van der Waals surface area contributed by atoms with Gasteiger partial charge < -0.3 is 0 Å². The molecule has 0 saturated heterocycles. The van der Waals surface area contributed by atoms with Gasteiger partial charge in [-0.3, -0.25) is 0 Å². The monoisotopic (exact) mass is 348 g/mol. The van der Waals surface area contributed by atoms with Gasteiger partial charge in [-0.25, -0.2) is 8.42 Å². The van der Waals surface area contributed by atoms with Gasteiger partial charge in [0.15, 0.2) is 9.84 Å². The predicted molar refractivity (Wildman–Crippen MR) is 100 cm³/mol. The first-order chi connectivity index (χ1) is 12.1. The Morgan fingerprint density at radius 3 is 2.08 bits per heavy atom. The van der Waals surface area contributed by atoms with Crippen LogP contribution in [0.2, 0.25) is 0 Å². The second-order valence-corrected chi connectivity index (χ2v) is 8.75. The summed E-state index contributed by atoms with van der Waals surface area (Å²) in [6, 6.07) is 28.2. The van der Waals surface area contributed by atoms with Crippen LogP contribution in [-0.2, 0) is 21.7 Å². The molecular formula is C22H20O2S. The van der Waals surface area contributed by atoms with E-state index in [2.05, 4.69) is 24.3 Å². The standard InChI is InChI=1S/C22H20O2S/c23-25(24)16-15-22(19-11-5-2-6-12-19,17-18-9-3-1-4-10-18)20-13-7-8-14-21(20)25/h1-14H,15-17H2. The van der Waals surface area contributed by atoms with Crippen LogP contribution in [0, 0.1) is 0 Å². The predicted octanol–water partition coefficient (Wildman–Crippen LogP) is 4.39. The smallest absolute Gasteiger partial charge is 0.178 e. The first-order valence-corrected chi connectivity index (χ1v) is 10.2. The Hall–Kier alpha value is -2.39. The number of hydrogen-bond donors (Lipinski definition) is 0. The van der Waals surface area contributed by atoms with Crippen molar-refractivity contribution in [3.05, 3.63) is 102 Å². The molecule has 1 unspecified atom stereocenters. The minimum Gasteiger partial charge on any atom is -0.224 e. The largest absolute Gasteiger partial charge is 0.224 e. The zero-order valence-electron chi connectivity index (χ0n) is 13.9. The van der Waals surface area contributed by atoms with Crippen molar-refractivity contribution < 1.29 is 8.42 Å². The molecule has 3 aromatic carbocycles. The van der Waals surface area contributed by atoms with Crippen molar-refractivity contribution in [3.8, 4) is 0 Å². The Kier molecular flexibility index (Phi) is 3.97. The molecule has 0 N–H and O–H groups in total. The highest BCUT2D eigenvalue weighted by Crippen LogP contribution is 2.45. The van der Waals surface area contributed by atoms with E-state index < -0.39 is 9.84 Å². The molecule has 3 aromatic rings. The average Bonchev–Trinajstić information content (AvgIpc) is 2.66. The zero-order chi connectivity index (χ0) is 17.3. The van der Waals surface area contributed by atoms with Crippen LogP contribution in [0.25, 0.3) is 0 Å². The van der Waals surface area contributed by atoms with Crippen molar-refractivity contribution >= 4 is 9.84 Å². The van der Waals surface area contributed by atoms with Gasteiger partial charge in [-0.05, 0) is 35.6 Å². The Labute approximate surface area is 149 Å². The van der Waals surface area contributed by atoms with Crippen LogP contribution in [0.5, 0.6) is 0 Å². The minimum atomic E-state index is -3.21. The summed E-state index contributed by atoms with van der Waals surface area (Å²) in [5.41, 5.74) is 3.02. The van der Waals surface area contributed by atoms with Gasteiger partial charge in [0.2, 0.25) is 0 Å². The number of benzene rings is 3. The molecular weight excluding hydrogens is 328 g/mol. The molecule has 1 heterocycles. The van der Waals surface area contributed by atoms with E-state index in [0.29, 0.717) is 11.3 Å². The van der Waals surface area contributed by atoms with Crippen molar-refractivity contribution in [2.75, 3.05) is 5.75 Å². The summed E-state index contributed by atoms with van der Waals surface area (Å²) in [6.07, 6.45) is 1.40. The van der Waals surface area contributed by atoms with Crippen LogP contribution in [0.1, 0.15) is 23.1 Å². The van der Waals surface area contributed by atoms with Crippen LogP contribution < -0.4 is 0 Å². The molecule has 1 aliphatic heterocycles. The maximum atomic E-state index is 12.6. The fourth-order valence-electron chi connectivity index (χ4n) is 3.97. The maximum absolute atomic E-state index is 12.6. The van der Waals surface area contributed by atoms with Crippen molar-refractivity contribution in [2.24, 2.45) is 0 Å². The van der Waals surface area contributed by atoms with Crippen LogP contribution >= 0.6 is 0 Å². The SMILES string of the molecule is O=S1(=O)CCC(Cc2ccccc2)(c2ccccc2)c2ccccc21. The average molecular weight is 348 g/mol. The molecule has 0 radical (unpaired) electrons. The summed E-state index contributed by atoms with van der Waals surface area (Å²) < 4.78 is 25.3. The summed E-state index contributed by atoms with van der Waals surface area (Å²) in [7, 11) is -3.21. The molecule has 0 saturated carbocycles. The van der Waals surface area contributed by atoms with E-state index in [0.717, 1.165) is 12.0 Å². The molecule has 4 rings (SSSR count). The minimum absolute atomic E-state index is 0.186. The van der Waals surface area contributed by atoms with E-state index in [-0.39, 0.29) is 11.2 Å². The summed E-state index contributed by atoms with van der Waals surface area (Å²) >= 11 is 0. The molecule has 1 aliphatic rings. The van der Waals surface area contributed by atoms with E-state index >= 15 is 0 Å². The lowest BCUT2D eigenvalue weighted by atomic mass is 9.68. The molecule has 2 nitrogen and oxygen atoms in total. The molecule has 0 fully saturated rings. The van der Waals surface area contributed by atoms with Gasteiger partial charge in [0.05, 0.1) is 10.6 Å². The number of rotatable bonds is 3. The normalized spacial score (nSPS) is 21.4. The van der Waals surface area contributed by atoms with Crippen LogP contribution in [0.15, 0.2) is 89.8 Å². The van der Waals surface area contributed by atoms with E-state index in [1.54, 1.807) is 6.07 Å². The second-order valence-electron chi connectivity index (χ2n) is 6.68. The van der Waals surface area contributed by atoms with Crippen molar-refractivity contribution in [2.45, 2.75) is 23.2 Å². The lowest BCUT2D eigenvalue weighted by molar-refractivity contribution is 0.463. The first kappa shape index (κ1) is 16.1. The van der Waals surface area contributed by atoms with Gasteiger partial charge in [0.25, 0.3) is 0 Å². The molecule has 25 heavy (non-hydrogen) atoms. The second kappa shape index (κ2) is 6.16. The molecule has 0 bridgehead atoms. The van der Waals surface area contributed by atoms with Gasteiger partial charge in [0.1, 0.15) is 0 Å². The lowest BCUT2D eigenvalue weighted by Crippen LogP contribution is -2.38. The third-order valence-electron chi connectivity index (χ3n) is 5.21. The summed E-state index contributed by atoms with van der Waals surface area (Å²) in [4.78, 5) is 0.487. The Balaban J connectivity index is 1.97. The Bertz CT molecular complexity index is 979. The number of fused-ring (bicyclic) bond motifs is 1. The van der Waals surface area contributed by atoms with Gasteiger partial charge in [-0.2, -0.15) is 0 Å². The van der Waals surface area contributed by atoms with Gasteiger partial charge in [0, 0.05) is 5.41 Å². The molecule has 0 amide bonds. The molecule has 0 spiro atoms. The fourth-order valence-corrected chi connectivity index (χ4v) is 5.69. The Morgan fingerprint density at radius 1 is 0.760 bits per heavy atom. The van der Waals surface area contributed by atoms with Gasteiger partial charge in [-0.15, -0.1) is 0 Å². The quantitative estimate of drug-likeness (QED) is 0.703. The fraction of sp³-hybridized carbons (Fsp3) is 0.182. The first-order valence-electron chi connectivity index (χ1n) is 8.54. The zero-order valence-corrected chi connectivity index (χ0v) is 14.7.